The Morgan fingerprint density at radius 1 is 1.00 bits per heavy atom. The zero-order chi connectivity index (χ0) is 22.4. The number of aryl methyl sites for hydroxylation is 2. The summed E-state index contributed by atoms with van der Waals surface area (Å²) in [5.41, 5.74) is 2.87. The molecule has 0 aliphatic heterocycles. The van der Waals surface area contributed by atoms with Crippen LogP contribution in [0.4, 0.5) is 5.00 Å². The van der Waals surface area contributed by atoms with Gasteiger partial charge in [0.1, 0.15) is 10.6 Å². The smallest absolute Gasteiger partial charge is 0.341 e. The lowest BCUT2D eigenvalue weighted by molar-refractivity contribution is -0.119. The Kier molecular flexibility index (Phi) is 7.15. The van der Waals surface area contributed by atoms with Gasteiger partial charge in [-0.2, -0.15) is 0 Å². The fourth-order valence-corrected chi connectivity index (χ4v) is 4.03. The lowest BCUT2D eigenvalue weighted by Gasteiger charge is -2.09. The zero-order valence-electron chi connectivity index (χ0n) is 17.4. The molecule has 160 valence electrons. The lowest BCUT2D eigenvalue weighted by Crippen LogP contribution is -2.21. The molecule has 0 radical (unpaired) electrons. The molecule has 0 atom stereocenters. The van der Waals surface area contributed by atoms with E-state index in [4.69, 9.17) is 9.47 Å². The van der Waals surface area contributed by atoms with Crippen molar-refractivity contribution in [3.63, 3.8) is 0 Å². The van der Waals surface area contributed by atoms with Crippen molar-refractivity contribution in [2.45, 2.75) is 20.8 Å². The molecule has 0 fully saturated rings. The number of nitrogens with one attached hydrogen (secondary N) is 1. The number of rotatable bonds is 7. The third-order valence-corrected chi connectivity index (χ3v) is 5.38. The van der Waals surface area contributed by atoms with Crippen LogP contribution in [0.5, 0.6) is 0 Å². The van der Waals surface area contributed by atoms with Crippen LogP contribution in [-0.4, -0.2) is 36.0 Å². The summed E-state index contributed by atoms with van der Waals surface area (Å²) in [6.45, 7) is 5.10. The summed E-state index contributed by atoms with van der Waals surface area (Å²) < 4.78 is 10.3. The first-order chi connectivity index (χ1) is 14.9. The van der Waals surface area contributed by atoms with E-state index in [0.717, 1.165) is 16.1 Å². The Morgan fingerprint density at radius 2 is 1.74 bits per heavy atom. The number of carbonyl (C=O) groups excluding carboxylic acids is 3. The topological polar surface area (TPSA) is 94.6 Å². The summed E-state index contributed by atoms with van der Waals surface area (Å²) in [5, 5.41) is 3.04. The summed E-state index contributed by atoms with van der Waals surface area (Å²) in [6.07, 6.45) is 1.39. The Bertz CT molecular complexity index is 1090. The number of hydrogen-bond acceptors (Lipinski definition) is 7. The number of benzene rings is 1. The highest BCUT2D eigenvalue weighted by atomic mass is 32.1. The van der Waals surface area contributed by atoms with Crippen LogP contribution in [0.1, 0.15) is 38.2 Å². The molecule has 31 heavy (non-hydrogen) atoms. The summed E-state index contributed by atoms with van der Waals surface area (Å²) in [5.74, 6) is -1.73. The highest BCUT2D eigenvalue weighted by molar-refractivity contribution is 7.17. The van der Waals surface area contributed by atoms with Gasteiger partial charge in [-0.1, -0.05) is 30.3 Å². The largest absolute Gasteiger partial charge is 0.462 e. The zero-order valence-corrected chi connectivity index (χ0v) is 18.2. The number of pyridine rings is 1. The number of amides is 1. The molecular weight excluding hydrogens is 416 g/mol. The number of thiophene rings is 1. The molecule has 1 aromatic carbocycles. The lowest BCUT2D eigenvalue weighted by atomic mass is 10.0. The quantitative estimate of drug-likeness (QED) is 0.550. The minimum Gasteiger partial charge on any atom is -0.462 e. The SMILES string of the molecule is CCOC(=O)c1c(NC(=O)COC(=O)c2ccc(C)nc2)sc(C)c1-c1ccccc1. The van der Waals surface area contributed by atoms with E-state index >= 15 is 0 Å². The standard InChI is InChI=1S/C23H22N2O5S/c1-4-29-23(28)20-19(16-8-6-5-7-9-16)15(3)31-21(20)25-18(26)13-30-22(27)17-11-10-14(2)24-12-17/h5-12H,4,13H2,1-3H3,(H,25,26). The van der Waals surface area contributed by atoms with Crippen LogP contribution in [0.3, 0.4) is 0 Å². The molecule has 0 aliphatic rings. The molecule has 7 nitrogen and oxygen atoms in total. The Balaban J connectivity index is 1.78. The number of anilines is 1. The van der Waals surface area contributed by atoms with E-state index in [0.29, 0.717) is 10.6 Å². The van der Waals surface area contributed by atoms with E-state index in [1.165, 1.54) is 17.5 Å². The minimum absolute atomic E-state index is 0.206. The predicted molar refractivity (Wildman–Crippen MR) is 118 cm³/mol. The fraction of sp³-hybridized carbons (Fsp3) is 0.217. The van der Waals surface area contributed by atoms with Gasteiger partial charge in [-0.25, -0.2) is 9.59 Å². The van der Waals surface area contributed by atoms with E-state index in [-0.39, 0.29) is 17.7 Å². The molecule has 3 rings (SSSR count). The van der Waals surface area contributed by atoms with Gasteiger partial charge in [0, 0.05) is 22.3 Å². The van der Waals surface area contributed by atoms with Gasteiger partial charge in [0.15, 0.2) is 6.61 Å². The molecule has 0 unspecified atom stereocenters. The predicted octanol–water partition coefficient (Wildman–Crippen LogP) is 4.40. The van der Waals surface area contributed by atoms with Crippen molar-refractivity contribution >= 4 is 34.2 Å². The maximum absolute atomic E-state index is 12.7. The van der Waals surface area contributed by atoms with Crippen LogP contribution in [0, 0.1) is 13.8 Å². The molecule has 0 bridgehead atoms. The monoisotopic (exact) mass is 438 g/mol. The second kappa shape index (κ2) is 9.99. The van der Waals surface area contributed by atoms with Crippen LogP contribution in [0.2, 0.25) is 0 Å². The average molecular weight is 439 g/mol. The first-order valence-corrected chi connectivity index (χ1v) is 10.5. The molecular formula is C23H22N2O5S. The first-order valence-electron chi connectivity index (χ1n) is 9.66. The van der Waals surface area contributed by atoms with Crippen LogP contribution in [0.15, 0.2) is 48.7 Å². The number of esters is 2. The maximum atomic E-state index is 12.7. The van der Waals surface area contributed by atoms with Gasteiger partial charge < -0.3 is 14.8 Å². The van der Waals surface area contributed by atoms with Crippen molar-refractivity contribution < 1.29 is 23.9 Å². The van der Waals surface area contributed by atoms with Gasteiger partial charge in [0.05, 0.1) is 12.2 Å². The number of ether oxygens (including phenoxy) is 2. The molecule has 0 aliphatic carbocycles. The van der Waals surface area contributed by atoms with Crippen molar-refractivity contribution in [2.75, 3.05) is 18.5 Å². The molecule has 0 saturated carbocycles. The minimum atomic E-state index is -0.652. The third-order valence-electron chi connectivity index (χ3n) is 4.36. The third kappa shape index (κ3) is 5.35. The second-order valence-corrected chi connectivity index (χ2v) is 7.86. The molecule has 1 N–H and O–H groups in total. The van der Waals surface area contributed by atoms with Crippen LogP contribution in [-0.2, 0) is 14.3 Å². The van der Waals surface area contributed by atoms with E-state index in [9.17, 15) is 14.4 Å². The van der Waals surface area contributed by atoms with Crippen molar-refractivity contribution in [3.8, 4) is 11.1 Å². The van der Waals surface area contributed by atoms with E-state index in [1.54, 1.807) is 26.0 Å². The molecule has 2 aromatic heterocycles. The van der Waals surface area contributed by atoms with Crippen LogP contribution >= 0.6 is 11.3 Å². The van der Waals surface area contributed by atoms with E-state index < -0.39 is 24.5 Å². The second-order valence-electron chi connectivity index (χ2n) is 6.64. The highest BCUT2D eigenvalue weighted by Crippen LogP contribution is 2.40. The average Bonchev–Trinajstić information content (AvgIpc) is 3.08. The fourth-order valence-electron chi connectivity index (χ4n) is 2.95. The van der Waals surface area contributed by atoms with Crippen LogP contribution < -0.4 is 5.32 Å². The summed E-state index contributed by atoms with van der Waals surface area (Å²) >= 11 is 1.27. The van der Waals surface area contributed by atoms with Gasteiger partial charge in [-0.05, 0) is 38.5 Å². The summed E-state index contributed by atoms with van der Waals surface area (Å²) in [6, 6.07) is 12.7. The Hall–Kier alpha value is -3.52. The number of hydrogen-bond donors (Lipinski definition) is 1. The van der Waals surface area contributed by atoms with Gasteiger partial charge in [0.2, 0.25) is 0 Å². The highest BCUT2D eigenvalue weighted by Gasteiger charge is 2.25. The molecule has 2 heterocycles. The normalized spacial score (nSPS) is 10.4. The molecule has 8 heteroatoms. The van der Waals surface area contributed by atoms with E-state index in [2.05, 4.69) is 10.3 Å². The number of nitrogens with zero attached hydrogens (tertiary/aromatic N) is 1. The van der Waals surface area contributed by atoms with E-state index in [1.807, 2.05) is 37.3 Å². The van der Waals surface area contributed by atoms with Gasteiger partial charge in [-0.3, -0.25) is 9.78 Å². The Morgan fingerprint density at radius 3 is 2.39 bits per heavy atom. The van der Waals surface area contributed by atoms with Crippen molar-refractivity contribution in [1.29, 1.82) is 0 Å². The van der Waals surface area contributed by atoms with Crippen molar-refractivity contribution in [1.82, 2.24) is 4.98 Å². The molecule has 0 saturated heterocycles. The summed E-state index contributed by atoms with van der Waals surface area (Å²) in [4.78, 5) is 42.1. The number of aromatic nitrogens is 1. The maximum Gasteiger partial charge on any atom is 0.341 e. The van der Waals surface area contributed by atoms with Gasteiger partial charge in [0.25, 0.3) is 5.91 Å². The van der Waals surface area contributed by atoms with Crippen molar-refractivity contribution in [2.24, 2.45) is 0 Å². The van der Waals surface area contributed by atoms with Gasteiger partial charge >= 0.3 is 11.9 Å². The molecule has 0 spiro atoms. The molecule has 1 amide bonds. The Labute approximate surface area is 184 Å². The molecule has 3 aromatic rings. The van der Waals surface area contributed by atoms with Crippen molar-refractivity contribution in [3.05, 3.63) is 70.4 Å². The van der Waals surface area contributed by atoms with Crippen LogP contribution in [0.25, 0.3) is 11.1 Å². The first kappa shape index (κ1) is 22.2. The number of carbonyl (C=O) groups is 3. The summed E-state index contributed by atoms with van der Waals surface area (Å²) in [7, 11) is 0. The van der Waals surface area contributed by atoms with Gasteiger partial charge in [-0.15, -0.1) is 11.3 Å².